The summed E-state index contributed by atoms with van der Waals surface area (Å²) in [5.41, 5.74) is 0.645. The quantitative estimate of drug-likeness (QED) is 0.423. The van der Waals surface area contributed by atoms with Crippen LogP contribution >= 0.6 is 0 Å². The SMILES string of the molecule is N#CC1=C(n2cccc2)N(c2ccccc2C(F)(F)F)C2=C(C(=O)CCC2)C1c1ccc2c(c1)OCO2. The van der Waals surface area contributed by atoms with Crippen LogP contribution in [0.5, 0.6) is 11.5 Å². The Hall–Kier alpha value is -4.45. The Kier molecular flexibility index (Phi) is 5.33. The fourth-order valence-electron chi connectivity index (χ4n) is 5.37. The summed E-state index contributed by atoms with van der Waals surface area (Å²) in [5, 5.41) is 10.5. The number of hydrogen-bond acceptors (Lipinski definition) is 5. The summed E-state index contributed by atoms with van der Waals surface area (Å²) >= 11 is 0. The lowest BCUT2D eigenvalue weighted by molar-refractivity contribution is -0.137. The van der Waals surface area contributed by atoms with Crippen LogP contribution in [0.2, 0.25) is 0 Å². The third kappa shape index (κ3) is 3.68. The van der Waals surface area contributed by atoms with Gasteiger partial charge in [0.2, 0.25) is 6.79 Å². The van der Waals surface area contributed by atoms with Crippen molar-refractivity contribution in [2.75, 3.05) is 11.7 Å². The van der Waals surface area contributed by atoms with E-state index in [9.17, 15) is 23.2 Å². The van der Waals surface area contributed by atoms with Crippen molar-refractivity contribution in [2.45, 2.75) is 31.4 Å². The maximum absolute atomic E-state index is 14.2. The van der Waals surface area contributed by atoms with Crippen molar-refractivity contribution in [1.29, 1.82) is 5.26 Å². The Morgan fingerprint density at radius 1 is 0.973 bits per heavy atom. The summed E-state index contributed by atoms with van der Waals surface area (Å²) < 4.78 is 55.2. The lowest BCUT2D eigenvalue weighted by atomic mass is 9.75. The van der Waals surface area contributed by atoms with E-state index in [1.807, 2.05) is 0 Å². The number of para-hydroxylation sites is 1. The third-order valence-electron chi connectivity index (χ3n) is 6.88. The summed E-state index contributed by atoms with van der Waals surface area (Å²) in [4.78, 5) is 14.9. The molecule has 0 saturated heterocycles. The van der Waals surface area contributed by atoms with Gasteiger partial charge in [0, 0.05) is 30.1 Å². The molecule has 6 nitrogen and oxygen atoms in total. The predicted octanol–water partition coefficient (Wildman–Crippen LogP) is 6.24. The molecule has 2 aliphatic heterocycles. The van der Waals surface area contributed by atoms with Crippen LogP contribution in [0.1, 0.15) is 36.3 Å². The lowest BCUT2D eigenvalue weighted by Gasteiger charge is -2.42. The molecule has 0 amide bonds. The average molecular weight is 503 g/mol. The number of ketones is 1. The van der Waals surface area contributed by atoms with Crippen molar-refractivity contribution >= 4 is 17.3 Å². The standard InChI is InChI=1S/C28H20F3N3O3/c29-28(30,31)19-6-1-2-7-20(19)34-21-8-5-9-22(35)26(21)25(17-10-11-23-24(14-17)37-16-36-23)18(15-32)27(34)33-12-3-4-13-33/h1-4,6-7,10-14,25H,5,8-9,16H2. The molecule has 9 heteroatoms. The van der Waals surface area contributed by atoms with Gasteiger partial charge in [-0.2, -0.15) is 18.4 Å². The molecule has 0 radical (unpaired) electrons. The molecule has 0 fully saturated rings. The van der Waals surface area contributed by atoms with Gasteiger partial charge in [-0.25, -0.2) is 0 Å². The number of benzene rings is 2. The summed E-state index contributed by atoms with van der Waals surface area (Å²) in [6.45, 7) is 0.0634. The first kappa shape index (κ1) is 23.0. The van der Waals surface area contributed by atoms with Crippen molar-refractivity contribution in [1.82, 2.24) is 4.57 Å². The smallest absolute Gasteiger partial charge is 0.418 e. The Bertz CT molecular complexity index is 1510. The highest BCUT2D eigenvalue weighted by Gasteiger charge is 2.44. The lowest BCUT2D eigenvalue weighted by Crippen LogP contribution is -2.37. The van der Waals surface area contributed by atoms with E-state index in [4.69, 9.17) is 9.47 Å². The Morgan fingerprint density at radius 3 is 2.49 bits per heavy atom. The van der Waals surface area contributed by atoms with Crippen LogP contribution in [0.4, 0.5) is 18.9 Å². The number of Topliss-reactive ketones (excluding diaryl/α,β-unsaturated/α-hetero) is 1. The van der Waals surface area contributed by atoms with E-state index >= 15 is 0 Å². The maximum Gasteiger partial charge on any atom is 0.418 e. The largest absolute Gasteiger partial charge is 0.454 e. The van der Waals surface area contributed by atoms with Crippen LogP contribution in [0.25, 0.3) is 5.82 Å². The van der Waals surface area contributed by atoms with Crippen molar-refractivity contribution in [3.05, 3.63) is 95.0 Å². The highest BCUT2D eigenvalue weighted by Crippen LogP contribution is 2.51. The second-order valence-corrected chi connectivity index (χ2v) is 8.97. The monoisotopic (exact) mass is 503 g/mol. The fraction of sp³-hybridized carbons (Fsp3) is 0.214. The zero-order valence-corrected chi connectivity index (χ0v) is 19.5. The minimum Gasteiger partial charge on any atom is -0.454 e. The molecule has 186 valence electrons. The second-order valence-electron chi connectivity index (χ2n) is 8.97. The van der Waals surface area contributed by atoms with Gasteiger partial charge in [-0.15, -0.1) is 0 Å². The Labute approximate surface area is 210 Å². The zero-order chi connectivity index (χ0) is 25.7. The first-order valence-electron chi connectivity index (χ1n) is 11.8. The van der Waals surface area contributed by atoms with Gasteiger partial charge in [-0.1, -0.05) is 18.2 Å². The number of alkyl halides is 3. The molecule has 0 N–H and O–H groups in total. The number of allylic oxidation sites excluding steroid dienone is 3. The molecular weight excluding hydrogens is 483 g/mol. The van der Waals surface area contributed by atoms with Crippen molar-refractivity contribution in [3.8, 4) is 17.6 Å². The molecular formula is C28H20F3N3O3. The van der Waals surface area contributed by atoms with Gasteiger partial charge in [0.1, 0.15) is 5.82 Å². The van der Waals surface area contributed by atoms with E-state index in [0.717, 1.165) is 6.07 Å². The van der Waals surface area contributed by atoms with Gasteiger partial charge in [-0.3, -0.25) is 9.69 Å². The second kappa shape index (κ2) is 8.59. The van der Waals surface area contributed by atoms with E-state index in [0.29, 0.717) is 41.2 Å². The van der Waals surface area contributed by atoms with Crippen molar-refractivity contribution in [2.24, 2.45) is 0 Å². The molecule has 3 heterocycles. The molecule has 1 aromatic heterocycles. The molecule has 3 aliphatic rings. The summed E-state index contributed by atoms with van der Waals surface area (Å²) in [5.74, 6) is 0.358. The molecule has 2 aromatic carbocycles. The molecule has 3 aromatic rings. The third-order valence-corrected chi connectivity index (χ3v) is 6.88. The number of carbonyl (C=O) groups is 1. The van der Waals surface area contributed by atoms with Gasteiger partial charge in [-0.05, 0) is 54.8 Å². The van der Waals surface area contributed by atoms with Gasteiger partial charge < -0.3 is 14.0 Å². The number of carbonyl (C=O) groups excluding carboxylic acids is 1. The molecule has 0 bridgehead atoms. The number of aromatic nitrogens is 1. The molecule has 0 saturated carbocycles. The molecule has 6 rings (SSSR count). The number of nitriles is 1. The number of ether oxygens (including phenoxy) is 2. The average Bonchev–Trinajstić information content (AvgIpc) is 3.59. The fourth-order valence-corrected chi connectivity index (χ4v) is 5.37. The molecule has 1 atom stereocenters. The minimum absolute atomic E-state index is 0.0634. The van der Waals surface area contributed by atoms with Crippen molar-refractivity contribution in [3.63, 3.8) is 0 Å². The zero-order valence-electron chi connectivity index (χ0n) is 19.5. The van der Waals surface area contributed by atoms with Crippen LogP contribution in [0.15, 0.2) is 83.8 Å². The van der Waals surface area contributed by atoms with Crippen LogP contribution in [0.3, 0.4) is 0 Å². The van der Waals surface area contributed by atoms with E-state index in [1.54, 1.807) is 47.3 Å². The van der Waals surface area contributed by atoms with E-state index in [2.05, 4.69) is 6.07 Å². The number of nitrogens with zero attached hydrogens (tertiary/aromatic N) is 3. The molecule has 37 heavy (non-hydrogen) atoms. The summed E-state index contributed by atoms with van der Waals surface area (Å²) in [6, 6.07) is 16.2. The normalized spacial score (nSPS) is 19.2. The van der Waals surface area contributed by atoms with Gasteiger partial charge in [0.15, 0.2) is 17.3 Å². The van der Waals surface area contributed by atoms with E-state index in [-0.39, 0.29) is 36.1 Å². The summed E-state index contributed by atoms with van der Waals surface area (Å²) in [7, 11) is 0. The minimum atomic E-state index is -4.64. The highest BCUT2D eigenvalue weighted by atomic mass is 19.4. The maximum atomic E-state index is 14.2. The number of hydrogen-bond donors (Lipinski definition) is 0. The van der Waals surface area contributed by atoms with Crippen LogP contribution in [-0.4, -0.2) is 17.1 Å². The van der Waals surface area contributed by atoms with E-state index < -0.39 is 17.7 Å². The van der Waals surface area contributed by atoms with Crippen molar-refractivity contribution < 1.29 is 27.4 Å². The van der Waals surface area contributed by atoms with Crippen LogP contribution < -0.4 is 14.4 Å². The Morgan fingerprint density at radius 2 is 1.73 bits per heavy atom. The number of halogens is 3. The molecule has 1 aliphatic carbocycles. The number of rotatable bonds is 3. The Balaban J connectivity index is 1.67. The predicted molar refractivity (Wildman–Crippen MR) is 128 cm³/mol. The highest BCUT2D eigenvalue weighted by molar-refractivity contribution is 6.03. The number of fused-ring (bicyclic) bond motifs is 1. The molecule has 1 unspecified atom stereocenters. The van der Waals surface area contributed by atoms with Gasteiger partial charge in [0.05, 0.1) is 28.8 Å². The first-order chi connectivity index (χ1) is 17.9. The van der Waals surface area contributed by atoms with Gasteiger partial charge >= 0.3 is 6.18 Å². The van der Waals surface area contributed by atoms with Gasteiger partial charge in [0.25, 0.3) is 0 Å². The number of anilines is 1. The van der Waals surface area contributed by atoms with E-state index in [1.165, 1.54) is 23.1 Å². The summed E-state index contributed by atoms with van der Waals surface area (Å²) in [6.07, 6.45) is -0.134. The first-order valence-corrected chi connectivity index (χ1v) is 11.8. The van der Waals surface area contributed by atoms with Crippen LogP contribution in [-0.2, 0) is 11.0 Å². The molecule has 0 spiro atoms. The van der Waals surface area contributed by atoms with Crippen LogP contribution in [0, 0.1) is 11.3 Å². The topological polar surface area (TPSA) is 67.5 Å².